The fourth-order valence-corrected chi connectivity index (χ4v) is 2.76. The van der Waals surface area contributed by atoms with Gasteiger partial charge in [-0.3, -0.25) is 19.6 Å². The summed E-state index contributed by atoms with van der Waals surface area (Å²) >= 11 is 0. The second-order valence-corrected chi connectivity index (χ2v) is 5.83. The Hall–Kier alpha value is -2.78. The number of amides is 1. The van der Waals surface area contributed by atoms with E-state index in [-0.39, 0.29) is 35.9 Å². The van der Waals surface area contributed by atoms with Crippen LogP contribution in [0.1, 0.15) is 55.0 Å². The Labute approximate surface area is 137 Å². The number of hydrogen-bond donors (Lipinski definition) is 1. The van der Waals surface area contributed by atoms with Crippen LogP contribution >= 0.6 is 0 Å². The van der Waals surface area contributed by atoms with Crippen LogP contribution in [0.15, 0.2) is 16.9 Å². The van der Waals surface area contributed by atoms with Crippen molar-refractivity contribution in [3.63, 3.8) is 0 Å². The molecule has 1 N–H and O–H groups in total. The molecule has 2 heterocycles. The molecule has 1 aliphatic carbocycles. The second-order valence-electron chi connectivity index (χ2n) is 5.83. The fraction of sp³-hybridized carbons (Fsp3) is 0.571. The molecule has 2 aromatic rings. The van der Waals surface area contributed by atoms with Crippen LogP contribution in [0, 0.1) is 10.1 Å². The minimum absolute atomic E-state index is 0.0913. The summed E-state index contributed by atoms with van der Waals surface area (Å²) in [5.74, 6) is -0.248. The van der Waals surface area contributed by atoms with Crippen LogP contribution in [0.25, 0.3) is 0 Å². The number of nitrogens with one attached hydrogen (secondary N) is 1. The molecule has 0 saturated heterocycles. The molecule has 128 valence electrons. The van der Waals surface area contributed by atoms with Gasteiger partial charge >= 0.3 is 17.5 Å². The van der Waals surface area contributed by atoms with Gasteiger partial charge in [-0.05, 0) is 12.8 Å². The number of hydrogen-bond acceptors (Lipinski definition) is 7. The Morgan fingerprint density at radius 3 is 2.79 bits per heavy atom. The summed E-state index contributed by atoms with van der Waals surface area (Å²) < 4.78 is 6.29. The topological polar surface area (TPSA) is 129 Å². The number of carbonyl (C=O) groups is 1. The first-order valence-electron chi connectivity index (χ1n) is 7.92. The molecular weight excluding hydrogens is 316 g/mol. The van der Waals surface area contributed by atoms with E-state index < -0.39 is 4.92 Å². The maximum absolute atomic E-state index is 12.2. The molecule has 0 unspecified atom stereocenters. The first-order valence-corrected chi connectivity index (χ1v) is 7.92. The van der Waals surface area contributed by atoms with Crippen LogP contribution in [0.4, 0.5) is 5.69 Å². The molecule has 10 nitrogen and oxygen atoms in total. The van der Waals surface area contributed by atoms with Gasteiger partial charge in [0.15, 0.2) is 5.82 Å². The monoisotopic (exact) mass is 334 g/mol. The van der Waals surface area contributed by atoms with E-state index in [1.54, 1.807) is 0 Å². The predicted octanol–water partition coefficient (Wildman–Crippen LogP) is 1.68. The number of aromatic nitrogens is 4. The summed E-state index contributed by atoms with van der Waals surface area (Å²) in [6, 6.07) is 0.143. The van der Waals surface area contributed by atoms with Crippen LogP contribution in [-0.4, -0.2) is 36.8 Å². The number of nitrogens with zero attached hydrogens (tertiary/aromatic N) is 5. The SMILES string of the molecule is O=C(NC1CCCCCC1)c1nc(Cn2cc([N+](=O)[O-])cn2)no1. The number of nitro groups is 1. The summed E-state index contributed by atoms with van der Waals surface area (Å²) in [5.41, 5.74) is -0.121. The van der Waals surface area contributed by atoms with E-state index in [0.717, 1.165) is 31.9 Å². The van der Waals surface area contributed by atoms with Gasteiger partial charge in [-0.2, -0.15) is 10.1 Å². The van der Waals surface area contributed by atoms with Gasteiger partial charge in [0.2, 0.25) is 0 Å². The van der Waals surface area contributed by atoms with Crippen LogP contribution in [-0.2, 0) is 6.54 Å². The van der Waals surface area contributed by atoms with Crippen molar-refractivity contribution in [3.05, 3.63) is 34.2 Å². The highest BCUT2D eigenvalue weighted by molar-refractivity contribution is 5.89. The molecule has 0 radical (unpaired) electrons. The fourth-order valence-electron chi connectivity index (χ4n) is 2.76. The van der Waals surface area contributed by atoms with Crippen molar-refractivity contribution < 1.29 is 14.2 Å². The van der Waals surface area contributed by atoms with Gasteiger partial charge in [-0.15, -0.1) is 0 Å². The molecule has 10 heteroatoms. The van der Waals surface area contributed by atoms with E-state index in [1.807, 2.05) is 0 Å². The standard InChI is InChI=1S/C14H18N6O4/c21-13(16-10-5-3-1-2-4-6-10)14-17-12(18-24-14)9-19-8-11(7-15-19)20(22)23/h7-8,10H,1-6,9H2,(H,16,21). The summed E-state index contributed by atoms with van der Waals surface area (Å²) in [5, 5.41) is 21.1. The molecule has 1 aliphatic rings. The maximum Gasteiger partial charge on any atom is 0.316 e. The van der Waals surface area contributed by atoms with Crippen LogP contribution < -0.4 is 5.32 Å². The Morgan fingerprint density at radius 2 is 2.12 bits per heavy atom. The van der Waals surface area contributed by atoms with Gasteiger partial charge < -0.3 is 9.84 Å². The molecule has 0 aliphatic heterocycles. The Kier molecular flexibility index (Phi) is 4.82. The predicted molar refractivity (Wildman–Crippen MR) is 81.2 cm³/mol. The smallest absolute Gasteiger partial charge is 0.316 e. The zero-order chi connectivity index (χ0) is 16.9. The van der Waals surface area contributed by atoms with Crippen LogP contribution in [0.2, 0.25) is 0 Å². The summed E-state index contributed by atoms with van der Waals surface area (Å²) in [6.45, 7) is 0.0913. The molecule has 0 spiro atoms. The highest BCUT2D eigenvalue weighted by atomic mass is 16.6. The van der Waals surface area contributed by atoms with Crippen LogP contribution in [0.3, 0.4) is 0 Å². The van der Waals surface area contributed by atoms with E-state index in [4.69, 9.17) is 4.52 Å². The summed E-state index contributed by atoms with van der Waals surface area (Å²) in [7, 11) is 0. The molecule has 2 aromatic heterocycles. The lowest BCUT2D eigenvalue weighted by Crippen LogP contribution is -2.34. The average molecular weight is 334 g/mol. The van der Waals surface area contributed by atoms with Crippen molar-refractivity contribution in [3.8, 4) is 0 Å². The zero-order valence-electron chi connectivity index (χ0n) is 13.1. The normalized spacial score (nSPS) is 15.8. The molecule has 1 amide bonds. The van der Waals surface area contributed by atoms with Crippen molar-refractivity contribution >= 4 is 11.6 Å². The molecule has 1 fully saturated rings. The van der Waals surface area contributed by atoms with Gasteiger partial charge in [0.1, 0.15) is 18.9 Å². The average Bonchev–Trinajstić information content (AvgIpc) is 3.14. The maximum atomic E-state index is 12.2. The van der Waals surface area contributed by atoms with Gasteiger partial charge in [0.05, 0.1) is 4.92 Å². The van der Waals surface area contributed by atoms with Crippen molar-refractivity contribution in [2.45, 2.75) is 51.1 Å². The van der Waals surface area contributed by atoms with E-state index in [2.05, 4.69) is 20.6 Å². The van der Waals surface area contributed by atoms with Crippen LogP contribution in [0.5, 0.6) is 0 Å². The minimum Gasteiger partial charge on any atom is -0.345 e. The van der Waals surface area contributed by atoms with E-state index in [0.29, 0.717) is 0 Å². The van der Waals surface area contributed by atoms with Crippen molar-refractivity contribution in [1.82, 2.24) is 25.2 Å². The third-order valence-electron chi connectivity index (χ3n) is 3.99. The number of rotatable bonds is 5. The van der Waals surface area contributed by atoms with Gasteiger partial charge in [0, 0.05) is 6.04 Å². The summed E-state index contributed by atoms with van der Waals surface area (Å²) in [6.07, 6.45) is 8.95. The quantitative estimate of drug-likeness (QED) is 0.500. The van der Waals surface area contributed by atoms with E-state index in [1.165, 1.54) is 23.7 Å². The number of carbonyl (C=O) groups excluding carboxylic acids is 1. The minimum atomic E-state index is -0.536. The lowest BCUT2D eigenvalue weighted by molar-refractivity contribution is -0.385. The van der Waals surface area contributed by atoms with Gasteiger partial charge in [-0.25, -0.2) is 0 Å². The zero-order valence-corrected chi connectivity index (χ0v) is 13.1. The highest BCUT2D eigenvalue weighted by Gasteiger charge is 2.20. The van der Waals surface area contributed by atoms with Crippen molar-refractivity contribution in [1.29, 1.82) is 0 Å². The molecule has 0 bridgehead atoms. The van der Waals surface area contributed by atoms with Crippen molar-refractivity contribution in [2.75, 3.05) is 0 Å². The van der Waals surface area contributed by atoms with E-state index >= 15 is 0 Å². The summed E-state index contributed by atoms with van der Waals surface area (Å²) in [4.78, 5) is 26.3. The Balaban J connectivity index is 1.59. The lowest BCUT2D eigenvalue weighted by atomic mass is 10.1. The first kappa shape index (κ1) is 16.1. The van der Waals surface area contributed by atoms with Gasteiger partial charge in [0.25, 0.3) is 0 Å². The third kappa shape index (κ3) is 3.94. The van der Waals surface area contributed by atoms with E-state index in [9.17, 15) is 14.9 Å². The molecule has 1 saturated carbocycles. The molecule has 3 rings (SSSR count). The van der Waals surface area contributed by atoms with Gasteiger partial charge in [-0.1, -0.05) is 30.8 Å². The third-order valence-corrected chi connectivity index (χ3v) is 3.99. The second kappa shape index (κ2) is 7.20. The lowest BCUT2D eigenvalue weighted by Gasteiger charge is -2.14. The Bertz CT molecular complexity index is 716. The van der Waals surface area contributed by atoms with Crippen molar-refractivity contribution in [2.24, 2.45) is 0 Å². The largest absolute Gasteiger partial charge is 0.345 e. The molecular formula is C14H18N6O4. The highest BCUT2D eigenvalue weighted by Crippen LogP contribution is 2.17. The molecule has 0 aromatic carbocycles. The first-order chi connectivity index (χ1) is 11.6. The Morgan fingerprint density at radius 1 is 1.38 bits per heavy atom. The molecule has 0 atom stereocenters. The molecule has 24 heavy (non-hydrogen) atoms.